The monoisotopic (exact) mass is 360 g/mol. The zero-order valence-electron chi connectivity index (χ0n) is 16.2. The van der Waals surface area contributed by atoms with E-state index in [0.717, 1.165) is 28.2 Å². The van der Waals surface area contributed by atoms with Crippen molar-refractivity contribution in [3.8, 4) is 0 Å². The van der Waals surface area contributed by atoms with Crippen molar-refractivity contribution < 1.29 is 4.79 Å². The molecule has 138 valence electrons. The number of amides is 1. The highest BCUT2D eigenvalue weighted by Crippen LogP contribution is 2.21. The van der Waals surface area contributed by atoms with Crippen LogP contribution in [-0.4, -0.2) is 22.4 Å². The Balaban J connectivity index is 1.92. The predicted octanol–water partition coefficient (Wildman–Crippen LogP) is 4.81. The van der Waals surface area contributed by atoms with Gasteiger partial charge in [0.05, 0.1) is 0 Å². The quantitative estimate of drug-likeness (QED) is 0.709. The first-order valence-corrected chi connectivity index (χ1v) is 9.05. The molecule has 1 heterocycles. The van der Waals surface area contributed by atoms with E-state index in [1.165, 1.54) is 0 Å². The average molecular weight is 360 g/mol. The van der Waals surface area contributed by atoms with Crippen molar-refractivity contribution in [1.82, 2.24) is 9.97 Å². The highest BCUT2D eigenvalue weighted by atomic mass is 16.2. The minimum Gasteiger partial charge on any atom is -0.324 e. The molecule has 0 radical (unpaired) electrons. The molecule has 3 aromatic rings. The number of aryl methyl sites for hydroxylation is 3. The van der Waals surface area contributed by atoms with Gasteiger partial charge in [0.15, 0.2) is 0 Å². The van der Waals surface area contributed by atoms with Crippen LogP contribution in [0.1, 0.15) is 34.2 Å². The Morgan fingerprint density at radius 3 is 2.48 bits per heavy atom. The second-order valence-electron chi connectivity index (χ2n) is 6.55. The lowest BCUT2D eigenvalue weighted by molar-refractivity contribution is 0.0983. The summed E-state index contributed by atoms with van der Waals surface area (Å²) < 4.78 is 0. The molecule has 0 spiro atoms. The number of carbonyl (C=O) groups excluding carboxylic acids is 1. The summed E-state index contributed by atoms with van der Waals surface area (Å²) in [6.07, 6.45) is 0. The first kappa shape index (κ1) is 18.6. The van der Waals surface area contributed by atoms with Gasteiger partial charge in [-0.1, -0.05) is 30.3 Å². The summed E-state index contributed by atoms with van der Waals surface area (Å²) in [7, 11) is 0. The van der Waals surface area contributed by atoms with Crippen molar-refractivity contribution in [2.75, 3.05) is 16.8 Å². The first-order valence-electron chi connectivity index (χ1n) is 9.05. The van der Waals surface area contributed by atoms with Crippen molar-refractivity contribution in [2.45, 2.75) is 27.7 Å². The number of aromatic nitrogens is 2. The van der Waals surface area contributed by atoms with Gasteiger partial charge in [0.25, 0.3) is 5.91 Å². The van der Waals surface area contributed by atoms with Crippen LogP contribution in [0.3, 0.4) is 0 Å². The lowest BCUT2D eigenvalue weighted by atomic mass is 10.2. The molecule has 0 atom stereocenters. The van der Waals surface area contributed by atoms with E-state index in [4.69, 9.17) is 0 Å². The summed E-state index contributed by atoms with van der Waals surface area (Å²) in [5, 5.41) is 3.22. The number of carbonyl (C=O) groups is 1. The minimum atomic E-state index is -0.138. The molecule has 0 aliphatic carbocycles. The second-order valence-corrected chi connectivity index (χ2v) is 6.55. The van der Waals surface area contributed by atoms with E-state index < -0.39 is 0 Å². The van der Waals surface area contributed by atoms with Crippen LogP contribution in [0.5, 0.6) is 0 Å². The minimum absolute atomic E-state index is 0.138. The number of hydrogen-bond acceptors (Lipinski definition) is 4. The van der Waals surface area contributed by atoms with Gasteiger partial charge in [0.1, 0.15) is 5.69 Å². The second kappa shape index (κ2) is 7.99. The Morgan fingerprint density at radius 1 is 1.00 bits per heavy atom. The van der Waals surface area contributed by atoms with Crippen molar-refractivity contribution in [3.05, 3.63) is 77.1 Å². The molecule has 5 heteroatoms. The zero-order chi connectivity index (χ0) is 19.4. The van der Waals surface area contributed by atoms with Crippen molar-refractivity contribution in [3.63, 3.8) is 0 Å². The molecule has 2 aromatic carbocycles. The standard InChI is InChI=1S/C22H24N4O/c1-5-26(18-11-8-9-15(2)13-18)21(27)20-14-17(4)23-22(25-20)24-19-12-7-6-10-16(19)3/h6-14H,5H2,1-4H3,(H,23,24,25). The van der Waals surface area contributed by atoms with Crippen LogP contribution in [-0.2, 0) is 0 Å². The molecular formula is C22H24N4O. The van der Waals surface area contributed by atoms with Gasteiger partial charge in [-0.2, -0.15) is 0 Å². The average Bonchev–Trinajstić information content (AvgIpc) is 2.64. The van der Waals surface area contributed by atoms with Crippen LogP contribution >= 0.6 is 0 Å². The van der Waals surface area contributed by atoms with Crippen molar-refractivity contribution >= 4 is 23.2 Å². The fraction of sp³-hybridized carbons (Fsp3) is 0.227. The number of nitrogens with one attached hydrogen (secondary N) is 1. The Labute approximate surface area is 160 Å². The van der Waals surface area contributed by atoms with Crippen LogP contribution in [0.15, 0.2) is 54.6 Å². The molecule has 0 unspecified atom stereocenters. The molecule has 0 aliphatic heterocycles. The molecule has 0 saturated heterocycles. The summed E-state index contributed by atoms with van der Waals surface area (Å²) in [6, 6.07) is 17.5. The normalized spacial score (nSPS) is 10.5. The van der Waals surface area contributed by atoms with Crippen molar-refractivity contribution in [2.24, 2.45) is 0 Å². The Hall–Kier alpha value is -3.21. The molecule has 0 fully saturated rings. The van der Waals surface area contributed by atoms with Gasteiger partial charge < -0.3 is 10.2 Å². The molecule has 0 aliphatic rings. The third-order valence-electron chi connectivity index (χ3n) is 4.34. The molecule has 1 aromatic heterocycles. The van der Waals surface area contributed by atoms with E-state index in [0.29, 0.717) is 18.2 Å². The Kier molecular flexibility index (Phi) is 5.50. The van der Waals surface area contributed by atoms with Crippen LogP contribution in [0.4, 0.5) is 17.3 Å². The lowest BCUT2D eigenvalue weighted by Gasteiger charge is -2.21. The number of para-hydroxylation sites is 1. The molecule has 1 N–H and O–H groups in total. The predicted molar refractivity (Wildman–Crippen MR) is 110 cm³/mol. The topological polar surface area (TPSA) is 58.1 Å². The third-order valence-corrected chi connectivity index (χ3v) is 4.34. The van der Waals surface area contributed by atoms with Gasteiger partial charge in [0, 0.05) is 23.6 Å². The lowest BCUT2D eigenvalue weighted by Crippen LogP contribution is -2.31. The summed E-state index contributed by atoms with van der Waals surface area (Å²) in [4.78, 5) is 23.8. The Bertz CT molecular complexity index is 968. The Morgan fingerprint density at radius 2 is 1.78 bits per heavy atom. The van der Waals surface area contributed by atoms with E-state index in [1.807, 2.05) is 76.2 Å². The zero-order valence-corrected chi connectivity index (χ0v) is 16.2. The smallest absolute Gasteiger partial charge is 0.277 e. The molecule has 0 saturated carbocycles. The highest BCUT2D eigenvalue weighted by molar-refractivity contribution is 6.05. The summed E-state index contributed by atoms with van der Waals surface area (Å²) in [5.74, 6) is 0.286. The maximum absolute atomic E-state index is 13.1. The van der Waals surface area contributed by atoms with Crippen LogP contribution < -0.4 is 10.2 Å². The van der Waals surface area contributed by atoms with E-state index >= 15 is 0 Å². The van der Waals surface area contributed by atoms with Crippen LogP contribution in [0, 0.1) is 20.8 Å². The van der Waals surface area contributed by atoms with Gasteiger partial charge in [-0.3, -0.25) is 4.79 Å². The SMILES string of the molecule is CCN(C(=O)c1cc(C)nc(Nc2ccccc2C)n1)c1cccc(C)c1. The van der Waals surface area contributed by atoms with Crippen molar-refractivity contribution in [1.29, 1.82) is 0 Å². The third kappa shape index (κ3) is 4.31. The van der Waals surface area contributed by atoms with Crippen LogP contribution in [0.25, 0.3) is 0 Å². The number of rotatable bonds is 5. The summed E-state index contributed by atoms with van der Waals surface area (Å²) in [5.41, 5.74) is 5.11. The maximum atomic E-state index is 13.1. The van der Waals surface area contributed by atoms with E-state index in [9.17, 15) is 4.79 Å². The molecule has 0 bridgehead atoms. The molecular weight excluding hydrogens is 336 g/mol. The number of benzene rings is 2. The molecule has 5 nitrogen and oxygen atoms in total. The maximum Gasteiger partial charge on any atom is 0.277 e. The molecule has 1 amide bonds. The van der Waals surface area contributed by atoms with E-state index in [-0.39, 0.29) is 5.91 Å². The summed E-state index contributed by atoms with van der Waals surface area (Å²) >= 11 is 0. The van der Waals surface area contributed by atoms with Gasteiger partial charge in [0.2, 0.25) is 5.95 Å². The first-order chi connectivity index (χ1) is 13.0. The van der Waals surface area contributed by atoms with Gasteiger partial charge in [-0.15, -0.1) is 0 Å². The largest absolute Gasteiger partial charge is 0.324 e. The molecule has 27 heavy (non-hydrogen) atoms. The highest BCUT2D eigenvalue weighted by Gasteiger charge is 2.19. The van der Waals surface area contributed by atoms with Crippen LogP contribution in [0.2, 0.25) is 0 Å². The number of hydrogen-bond donors (Lipinski definition) is 1. The molecule has 3 rings (SSSR count). The van der Waals surface area contributed by atoms with Gasteiger partial charge in [-0.05, 0) is 63.1 Å². The van der Waals surface area contributed by atoms with Gasteiger partial charge >= 0.3 is 0 Å². The van der Waals surface area contributed by atoms with E-state index in [2.05, 4.69) is 15.3 Å². The fourth-order valence-corrected chi connectivity index (χ4v) is 2.95. The summed E-state index contributed by atoms with van der Waals surface area (Å²) in [6.45, 7) is 8.42. The fourth-order valence-electron chi connectivity index (χ4n) is 2.95. The number of anilines is 3. The number of nitrogens with zero attached hydrogens (tertiary/aromatic N) is 3. The van der Waals surface area contributed by atoms with E-state index in [1.54, 1.807) is 11.0 Å². The van der Waals surface area contributed by atoms with Gasteiger partial charge in [-0.25, -0.2) is 9.97 Å².